The zero-order chi connectivity index (χ0) is 17.9. The van der Waals surface area contributed by atoms with Crippen LogP contribution in [0.1, 0.15) is 21.1 Å². The third kappa shape index (κ3) is 3.51. The van der Waals surface area contributed by atoms with E-state index in [1.807, 2.05) is 34.5 Å². The smallest absolute Gasteiger partial charge is 0.264 e. The van der Waals surface area contributed by atoms with Crippen LogP contribution in [0.15, 0.2) is 41.8 Å². The monoisotopic (exact) mass is 368 g/mol. The molecular weight excluding hydrogens is 348 g/mol. The first-order valence-corrected chi connectivity index (χ1v) is 9.48. The Hall–Kier alpha value is -2.58. The van der Waals surface area contributed by atoms with E-state index in [0.29, 0.717) is 6.54 Å². The van der Waals surface area contributed by atoms with Gasteiger partial charge in [-0.25, -0.2) is 0 Å². The van der Waals surface area contributed by atoms with Gasteiger partial charge >= 0.3 is 0 Å². The van der Waals surface area contributed by atoms with E-state index in [0.717, 1.165) is 42.6 Å². The average Bonchev–Trinajstić information content (AvgIpc) is 3.35. The Kier molecular flexibility index (Phi) is 4.77. The zero-order valence-electron chi connectivity index (χ0n) is 14.6. The van der Waals surface area contributed by atoms with Crippen LogP contribution in [0.3, 0.4) is 0 Å². The molecule has 1 saturated heterocycles. The lowest BCUT2D eigenvalue weighted by atomic mass is 10.2. The molecule has 4 rings (SSSR count). The first-order chi connectivity index (χ1) is 12.7. The topological polar surface area (TPSA) is 67.2 Å². The minimum absolute atomic E-state index is 0.129. The maximum atomic E-state index is 12.4. The van der Waals surface area contributed by atoms with Gasteiger partial charge < -0.3 is 4.90 Å². The lowest BCUT2D eigenvalue weighted by molar-refractivity contribution is 0.0629. The summed E-state index contributed by atoms with van der Waals surface area (Å²) >= 11 is 1.50. The number of rotatable bonds is 4. The summed E-state index contributed by atoms with van der Waals surface area (Å²) in [6, 6.07) is 11.9. The van der Waals surface area contributed by atoms with Gasteiger partial charge in [0.15, 0.2) is 5.82 Å². The maximum absolute atomic E-state index is 12.4. The summed E-state index contributed by atoms with van der Waals surface area (Å²) in [5.74, 6) is 0.941. The summed E-state index contributed by atoms with van der Waals surface area (Å²) in [5, 5.41) is 14.1. The molecule has 1 fully saturated rings. The van der Waals surface area contributed by atoms with Gasteiger partial charge in [-0.05, 0) is 40.9 Å². The van der Waals surface area contributed by atoms with Gasteiger partial charge in [0.1, 0.15) is 0 Å². The molecule has 0 bridgehead atoms. The highest BCUT2D eigenvalue weighted by Crippen LogP contribution is 2.15. The van der Waals surface area contributed by atoms with Gasteiger partial charge in [-0.3, -0.25) is 9.69 Å². The number of amides is 1. The molecule has 8 heteroatoms. The van der Waals surface area contributed by atoms with E-state index < -0.39 is 0 Å². The van der Waals surface area contributed by atoms with Crippen molar-refractivity contribution in [3.63, 3.8) is 0 Å². The molecule has 7 nitrogen and oxygen atoms in total. The molecular formula is C18H20N6OS. The first-order valence-electron chi connectivity index (χ1n) is 8.60. The van der Waals surface area contributed by atoms with Crippen molar-refractivity contribution < 1.29 is 4.79 Å². The van der Waals surface area contributed by atoms with Gasteiger partial charge in [0, 0.05) is 26.2 Å². The highest BCUT2D eigenvalue weighted by molar-refractivity contribution is 7.12. The van der Waals surface area contributed by atoms with Gasteiger partial charge in [-0.2, -0.15) is 4.68 Å². The second-order valence-electron chi connectivity index (χ2n) is 6.39. The summed E-state index contributed by atoms with van der Waals surface area (Å²) in [7, 11) is 0. The number of benzene rings is 1. The fraction of sp³-hybridized carbons (Fsp3) is 0.333. The van der Waals surface area contributed by atoms with E-state index in [9.17, 15) is 4.79 Å². The number of aryl methyl sites for hydroxylation is 1. The maximum Gasteiger partial charge on any atom is 0.264 e. The average molecular weight is 368 g/mol. The predicted octanol–water partition coefficient (Wildman–Crippen LogP) is 1.99. The zero-order valence-corrected chi connectivity index (χ0v) is 15.4. The summed E-state index contributed by atoms with van der Waals surface area (Å²) in [4.78, 5) is 17.4. The Balaban J connectivity index is 1.39. The van der Waals surface area contributed by atoms with E-state index >= 15 is 0 Å². The van der Waals surface area contributed by atoms with Crippen molar-refractivity contribution in [3.05, 3.63) is 58.0 Å². The molecule has 1 aliphatic rings. The molecule has 0 radical (unpaired) electrons. The molecule has 1 aromatic carbocycles. The van der Waals surface area contributed by atoms with E-state index in [-0.39, 0.29) is 5.91 Å². The van der Waals surface area contributed by atoms with Gasteiger partial charge in [-0.1, -0.05) is 23.8 Å². The number of carbonyl (C=O) groups excluding carboxylic acids is 1. The van der Waals surface area contributed by atoms with Crippen LogP contribution in [0.2, 0.25) is 0 Å². The number of hydrogen-bond donors (Lipinski definition) is 0. The first kappa shape index (κ1) is 16.9. The molecule has 0 saturated carbocycles. The second-order valence-corrected chi connectivity index (χ2v) is 7.34. The van der Waals surface area contributed by atoms with Crippen LogP contribution in [-0.2, 0) is 6.54 Å². The van der Waals surface area contributed by atoms with Crippen molar-refractivity contribution in [3.8, 4) is 5.69 Å². The van der Waals surface area contributed by atoms with Crippen molar-refractivity contribution in [1.82, 2.24) is 30.0 Å². The highest BCUT2D eigenvalue weighted by Gasteiger charge is 2.24. The van der Waals surface area contributed by atoms with Gasteiger partial charge in [0.2, 0.25) is 0 Å². The van der Waals surface area contributed by atoms with E-state index in [4.69, 9.17) is 0 Å². The van der Waals surface area contributed by atoms with Crippen molar-refractivity contribution in [2.45, 2.75) is 13.5 Å². The fourth-order valence-corrected chi connectivity index (χ4v) is 3.75. The molecule has 2 aromatic heterocycles. The van der Waals surface area contributed by atoms with Crippen LogP contribution in [-0.4, -0.2) is 62.1 Å². The minimum Gasteiger partial charge on any atom is -0.335 e. The van der Waals surface area contributed by atoms with E-state index in [2.05, 4.69) is 39.5 Å². The molecule has 26 heavy (non-hydrogen) atoms. The molecule has 3 heterocycles. The third-order valence-corrected chi connectivity index (χ3v) is 5.43. The summed E-state index contributed by atoms with van der Waals surface area (Å²) in [6.45, 7) is 5.81. The third-order valence-electron chi connectivity index (χ3n) is 4.57. The fourth-order valence-electron chi connectivity index (χ4n) is 3.06. The normalized spacial score (nSPS) is 15.3. The van der Waals surface area contributed by atoms with Crippen LogP contribution < -0.4 is 0 Å². The Morgan fingerprint density at radius 2 is 1.88 bits per heavy atom. The standard InChI is InChI=1S/C18H20N6OS/c1-14-4-6-15(7-5-14)24-17(19-20-21-24)13-22-8-10-23(11-9-22)18(25)16-3-2-12-26-16/h2-7,12H,8-11,13H2,1H3. The summed E-state index contributed by atoms with van der Waals surface area (Å²) in [5.41, 5.74) is 2.16. The molecule has 0 spiro atoms. The molecule has 1 amide bonds. The van der Waals surface area contributed by atoms with Crippen LogP contribution >= 0.6 is 11.3 Å². The molecule has 0 aliphatic carbocycles. The van der Waals surface area contributed by atoms with Crippen LogP contribution in [0.25, 0.3) is 5.69 Å². The van der Waals surface area contributed by atoms with Crippen LogP contribution in [0.5, 0.6) is 0 Å². The molecule has 0 atom stereocenters. The minimum atomic E-state index is 0.129. The molecule has 1 aliphatic heterocycles. The van der Waals surface area contributed by atoms with Crippen molar-refractivity contribution in [2.24, 2.45) is 0 Å². The highest BCUT2D eigenvalue weighted by atomic mass is 32.1. The molecule has 0 unspecified atom stereocenters. The lowest BCUT2D eigenvalue weighted by Gasteiger charge is -2.34. The second kappa shape index (κ2) is 7.35. The van der Waals surface area contributed by atoms with Gasteiger partial charge in [-0.15, -0.1) is 16.4 Å². The number of thiophene rings is 1. The largest absolute Gasteiger partial charge is 0.335 e. The molecule has 3 aromatic rings. The van der Waals surface area contributed by atoms with Gasteiger partial charge in [0.25, 0.3) is 5.91 Å². The van der Waals surface area contributed by atoms with E-state index in [1.165, 1.54) is 16.9 Å². The number of piperazine rings is 1. The summed E-state index contributed by atoms with van der Waals surface area (Å²) in [6.07, 6.45) is 0. The van der Waals surface area contributed by atoms with Gasteiger partial charge in [0.05, 0.1) is 17.1 Å². The van der Waals surface area contributed by atoms with Crippen LogP contribution in [0, 0.1) is 6.92 Å². The number of aromatic nitrogens is 4. The van der Waals surface area contributed by atoms with Crippen molar-refractivity contribution >= 4 is 17.2 Å². The predicted molar refractivity (Wildman–Crippen MR) is 99.4 cm³/mol. The van der Waals surface area contributed by atoms with Crippen LogP contribution in [0.4, 0.5) is 0 Å². The molecule has 134 valence electrons. The summed E-state index contributed by atoms with van der Waals surface area (Å²) < 4.78 is 1.78. The Labute approximate surface area is 155 Å². The van der Waals surface area contributed by atoms with Crippen molar-refractivity contribution in [2.75, 3.05) is 26.2 Å². The number of carbonyl (C=O) groups is 1. The number of hydrogen-bond acceptors (Lipinski definition) is 6. The quantitative estimate of drug-likeness (QED) is 0.705. The lowest BCUT2D eigenvalue weighted by Crippen LogP contribution is -2.48. The molecule has 0 N–H and O–H groups in total. The Morgan fingerprint density at radius 3 is 2.58 bits per heavy atom. The van der Waals surface area contributed by atoms with Crippen molar-refractivity contribution in [1.29, 1.82) is 0 Å². The Morgan fingerprint density at radius 1 is 1.12 bits per heavy atom. The number of nitrogens with zero attached hydrogens (tertiary/aromatic N) is 6. The van der Waals surface area contributed by atoms with E-state index in [1.54, 1.807) is 4.68 Å². The number of tetrazole rings is 1. The Bertz CT molecular complexity index is 865. The SMILES string of the molecule is Cc1ccc(-n2nnnc2CN2CCN(C(=O)c3cccs3)CC2)cc1.